The molecule has 4 fully saturated rings. The Hall–Kier alpha value is -7.27. The van der Waals surface area contributed by atoms with Crippen LogP contribution >= 0.6 is 38.6 Å². The molecule has 4 amide bonds. The van der Waals surface area contributed by atoms with Crippen LogP contribution in [0.15, 0.2) is 90.5 Å². The molecule has 0 radical (unpaired) electrons. The first-order chi connectivity index (χ1) is 41.1. The molecule has 4 N–H and O–H groups in total. The summed E-state index contributed by atoms with van der Waals surface area (Å²) in [4.78, 5) is 107. The molecule has 0 bridgehead atoms. The molecular weight excluding hydrogens is 1240 g/mol. The molecule has 4 aromatic rings. The summed E-state index contributed by atoms with van der Waals surface area (Å²) < 4.78 is 54.3. The van der Waals surface area contributed by atoms with E-state index < -0.39 is 75.3 Å². The summed E-state index contributed by atoms with van der Waals surface area (Å²) in [6.07, 6.45) is 3.30. The fourth-order valence-electron chi connectivity index (χ4n) is 12.0. The lowest BCUT2D eigenvalue weighted by Crippen LogP contribution is -2.60. The maximum Gasteiger partial charge on any atom is 0.338 e. The van der Waals surface area contributed by atoms with Gasteiger partial charge >= 0.3 is 35.9 Å². The number of benzene rings is 2. The lowest BCUT2D eigenvalue weighted by atomic mass is 9.91. The largest absolute Gasteiger partial charge is 0.481 e. The fourth-order valence-corrected chi connectivity index (χ4v) is 13.7. The topological polar surface area (TPSA) is 255 Å². The van der Waals surface area contributed by atoms with Crippen molar-refractivity contribution in [1.29, 1.82) is 0 Å². The Kier molecular flexibility index (Phi) is 18.8. The molecule has 10 rings (SSSR count). The highest BCUT2D eigenvalue weighted by Crippen LogP contribution is 2.41. The van der Waals surface area contributed by atoms with Crippen LogP contribution in [0.25, 0.3) is 0 Å². The number of nitrogens with zero attached hydrogens (tertiary/aromatic N) is 10. The number of amidine groups is 2. The number of carbonyl (C=O) groups excluding carboxylic acids is 4. The van der Waals surface area contributed by atoms with E-state index in [0.717, 1.165) is 6.07 Å². The van der Waals surface area contributed by atoms with Crippen molar-refractivity contribution in [1.82, 2.24) is 50.0 Å². The lowest BCUT2D eigenvalue weighted by Gasteiger charge is -2.44. The number of nitrogens with one attached hydrogen (secondary N) is 2. The zero-order valence-corrected chi connectivity index (χ0v) is 52.9. The molecule has 4 saturated heterocycles. The van der Waals surface area contributed by atoms with E-state index in [1.54, 1.807) is 80.1 Å². The number of carboxylic acids is 2. The number of ether oxygens (including phenoxy) is 2. The normalized spacial score (nSPS) is 22.7. The van der Waals surface area contributed by atoms with Crippen LogP contribution in [0.4, 0.5) is 22.8 Å². The minimum Gasteiger partial charge on any atom is -0.481 e. The van der Waals surface area contributed by atoms with E-state index >= 15 is 0 Å². The maximum absolute atomic E-state index is 14.8. The second-order valence-corrected chi connectivity index (χ2v) is 26.7. The number of hydrogen-bond acceptors (Lipinski definition) is 18. The minimum atomic E-state index is -1.11. The van der Waals surface area contributed by atoms with E-state index in [1.807, 2.05) is 24.1 Å². The SMILES string of the molecule is CCOC(=O)C1=C(CN2CCN3C(=O)N(CC(C)(C)C(=O)O)C[C@]3(C)C2)NC(c2nccs2)=N[C@H]1c1ccc(F)c(F)c1C.CCOC(=O)C1=C(CN2CCN3C(=O)N(CC(C)(C)C(=O)O)C[C@]3(C)C2)NC(c2nccs2)=N[C@H]1c1ccc(F)cc1Br. The number of fused-ring (bicyclic) bond motifs is 2. The van der Waals surface area contributed by atoms with Gasteiger partial charge in [0.1, 0.15) is 17.9 Å². The number of amides is 4. The summed E-state index contributed by atoms with van der Waals surface area (Å²) in [7, 11) is 0. The minimum absolute atomic E-state index is 0.0373. The van der Waals surface area contributed by atoms with Gasteiger partial charge in [0, 0.05) is 118 Å². The Labute approximate surface area is 517 Å². The molecule has 2 aromatic carbocycles. The number of halogens is 4. The van der Waals surface area contributed by atoms with Crippen LogP contribution in [-0.4, -0.2) is 200 Å². The van der Waals surface area contributed by atoms with Crippen LogP contribution in [0.5, 0.6) is 0 Å². The smallest absolute Gasteiger partial charge is 0.338 e. The van der Waals surface area contributed by atoms with Crippen molar-refractivity contribution in [3.8, 4) is 0 Å². The van der Waals surface area contributed by atoms with Crippen LogP contribution in [0, 0.1) is 35.2 Å². The van der Waals surface area contributed by atoms with Crippen molar-refractivity contribution in [3.63, 3.8) is 0 Å². The van der Waals surface area contributed by atoms with Gasteiger partial charge in [-0.2, -0.15) is 0 Å². The average Bonchev–Trinajstić information content (AvgIpc) is 1.90. The second-order valence-electron chi connectivity index (χ2n) is 24.0. The fraction of sp³-hybridized carbons (Fsp3) is 0.492. The summed E-state index contributed by atoms with van der Waals surface area (Å²) in [6.45, 7) is 19.8. The molecule has 2 aromatic heterocycles. The predicted octanol–water partition coefficient (Wildman–Crippen LogP) is 7.44. The number of carboxylic acid groups (broad SMARTS) is 2. The molecule has 0 spiro atoms. The monoisotopic (exact) mass is 1310 g/mol. The van der Waals surface area contributed by atoms with Gasteiger partial charge in [-0.05, 0) is 97.2 Å². The first kappa shape index (κ1) is 64.2. The van der Waals surface area contributed by atoms with E-state index in [1.165, 1.54) is 47.8 Å². The first-order valence-electron chi connectivity index (χ1n) is 28.3. The number of thiazole rings is 2. The van der Waals surface area contributed by atoms with Gasteiger partial charge in [0.25, 0.3) is 0 Å². The Morgan fingerprint density at radius 3 is 1.53 bits per heavy atom. The van der Waals surface area contributed by atoms with E-state index in [-0.39, 0.29) is 56.0 Å². The number of piperazine rings is 2. The summed E-state index contributed by atoms with van der Waals surface area (Å²) in [5, 5.41) is 30.7. The quantitative estimate of drug-likeness (QED) is 0.0706. The Morgan fingerprint density at radius 2 is 1.13 bits per heavy atom. The van der Waals surface area contributed by atoms with E-state index in [4.69, 9.17) is 19.5 Å². The van der Waals surface area contributed by atoms with Crippen LogP contribution in [0.3, 0.4) is 0 Å². The zero-order valence-electron chi connectivity index (χ0n) is 49.7. The van der Waals surface area contributed by atoms with E-state index in [2.05, 4.69) is 46.3 Å². The molecule has 28 heteroatoms. The lowest BCUT2D eigenvalue weighted by molar-refractivity contribution is -0.148. The van der Waals surface area contributed by atoms with Crippen molar-refractivity contribution in [2.45, 2.75) is 85.5 Å². The molecule has 0 unspecified atom stereocenters. The van der Waals surface area contributed by atoms with Gasteiger partial charge in [0.2, 0.25) is 0 Å². The molecule has 6 aliphatic heterocycles. The number of aliphatic carboxylic acids is 2. The highest BCUT2D eigenvalue weighted by molar-refractivity contribution is 9.10. The maximum atomic E-state index is 14.8. The standard InChI is InChI=1S/C30H36F2N6O5S.C29H34BrFN6O5S/c1-6-43-26(39)21-20(13-36-10-11-38-28(42)37(16-30(38,5)15-36)14-29(3,4)27(40)41)34-24(25-33-9-12-44-25)35-23(21)18-7-8-19(31)22(32)17(18)2;1-5-42-25(38)21-20(33-23(24-32-8-11-43-24)34-22(21)18-7-6-17(31)12-19(18)30)13-35-9-10-37-27(41)36(16-29(37,4)15-35)14-28(2,3)26(39)40/h7-9,12,23H,6,10-11,13-16H2,1-5H3,(H,34,35)(H,40,41);6-8,11-12,22H,5,9-10,13-16H2,1-4H3,(H,33,34)(H,39,40)/t23-,30-;22-,29-/m00/s1. The van der Waals surface area contributed by atoms with Gasteiger partial charge in [0.05, 0.1) is 46.3 Å². The van der Waals surface area contributed by atoms with Crippen LogP contribution < -0.4 is 10.6 Å². The van der Waals surface area contributed by atoms with Gasteiger partial charge in [0.15, 0.2) is 33.3 Å². The molecule has 8 heterocycles. The van der Waals surface area contributed by atoms with Gasteiger partial charge in [-0.15, -0.1) is 22.7 Å². The third-order valence-corrected chi connectivity index (χ3v) is 18.6. The van der Waals surface area contributed by atoms with Crippen LogP contribution in [-0.2, 0) is 28.7 Å². The van der Waals surface area contributed by atoms with Crippen molar-refractivity contribution >= 4 is 86.2 Å². The third-order valence-electron chi connectivity index (χ3n) is 16.3. The zero-order chi connectivity index (χ0) is 63.1. The highest BCUT2D eigenvalue weighted by atomic mass is 79.9. The van der Waals surface area contributed by atoms with Gasteiger partial charge in [-0.3, -0.25) is 29.4 Å². The first-order valence-corrected chi connectivity index (χ1v) is 30.9. The Morgan fingerprint density at radius 1 is 0.690 bits per heavy atom. The second kappa shape index (κ2) is 25.4. The summed E-state index contributed by atoms with van der Waals surface area (Å²) in [5.74, 6) is -4.65. The Balaban J connectivity index is 0.000000208. The number of carbonyl (C=O) groups is 6. The van der Waals surface area contributed by atoms with Crippen LogP contribution in [0.1, 0.15) is 94.2 Å². The summed E-state index contributed by atoms with van der Waals surface area (Å²) in [6, 6.07) is 4.59. The van der Waals surface area contributed by atoms with Gasteiger partial charge in [-0.25, -0.2) is 42.3 Å². The third kappa shape index (κ3) is 13.3. The van der Waals surface area contributed by atoms with Crippen molar-refractivity contribution < 1.29 is 61.6 Å². The number of rotatable bonds is 18. The number of urea groups is 2. The molecule has 4 atom stereocenters. The molecule has 466 valence electrons. The number of aromatic nitrogens is 2. The molecule has 22 nitrogen and oxygen atoms in total. The number of hydrogen-bond donors (Lipinski definition) is 4. The van der Waals surface area contributed by atoms with Gasteiger partial charge in [-0.1, -0.05) is 28.1 Å². The van der Waals surface area contributed by atoms with E-state index in [9.17, 15) is 52.2 Å². The van der Waals surface area contributed by atoms with E-state index in [0.29, 0.717) is 113 Å². The highest BCUT2D eigenvalue weighted by Gasteiger charge is 2.53. The Bertz CT molecular complexity index is 3490. The molecular formula is C59H70BrF3N12O10S2. The molecule has 6 aliphatic rings. The summed E-state index contributed by atoms with van der Waals surface area (Å²) in [5.41, 5.74) is -0.813. The van der Waals surface area contributed by atoms with Gasteiger partial charge < -0.3 is 49.9 Å². The van der Waals surface area contributed by atoms with Crippen molar-refractivity contribution in [2.24, 2.45) is 20.8 Å². The predicted molar refractivity (Wildman–Crippen MR) is 321 cm³/mol. The average molecular weight is 1310 g/mol. The molecule has 0 saturated carbocycles. The molecule has 0 aliphatic carbocycles. The van der Waals surface area contributed by atoms with Crippen molar-refractivity contribution in [3.05, 3.63) is 125 Å². The number of esters is 2. The molecule has 87 heavy (non-hydrogen) atoms. The van der Waals surface area contributed by atoms with Crippen molar-refractivity contribution in [2.75, 3.05) is 91.8 Å². The number of aliphatic imine (C=N–C) groups is 2. The summed E-state index contributed by atoms with van der Waals surface area (Å²) >= 11 is 6.20. The van der Waals surface area contributed by atoms with Crippen LogP contribution in [0.2, 0.25) is 0 Å².